The summed E-state index contributed by atoms with van der Waals surface area (Å²) < 4.78 is 1.11. The fraction of sp³-hybridized carbons (Fsp3) is 0.308. The molecule has 2 rings (SSSR count). The Labute approximate surface area is 114 Å². The van der Waals surface area contributed by atoms with Crippen LogP contribution in [0, 0.1) is 6.92 Å². The number of nitrogens with one attached hydrogen (secondary N) is 1. The van der Waals surface area contributed by atoms with Crippen molar-refractivity contribution in [1.82, 2.24) is 10.3 Å². The fourth-order valence-corrected chi connectivity index (χ4v) is 2.49. The Morgan fingerprint density at radius 1 is 1.35 bits per heavy atom. The van der Waals surface area contributed by atoms with Crippen molar-refractivity contribution >= 4 is 27.3 Å². The van der Waals surface area contributed by atoms with Crippen LogP contribution in [0.2, 0.25) is 0 Å². The van der Waals surface area contributed by atoms with E-state index in [1.807, 2.05) is 6.92 Å². The van der Waals surface area contributed by atoms with Gasteiger partial charge in [-0.1, -0.05) is 28.1 Å². The molecular weight excluding hydrogens is 296 g/mol. The predicted molar refractivity (Wildman–Crippen MR) is 76.2 cm³/mol. The lowest BCUT2D eigenvalue weighted by atomic mass is 10.1. The highest BCUT2D eigenvalue weighted by Crippen LogP contribution is 2.17. The van der Waals surface area contributed by atoms with Crippen molar-refractivity contribution in [3.05, 3.63) is 50.4 Å². The molecule has 1 atom stereocenters. The molecule has 0 unspecified atom stereocenters. The van der Waals surface area contributed by atoms with Gasteiger partial charge >= 0.3 is 0 Å². The van der Waals surface area contributed by atoms with Crippen molar-refractivity contribution in [2.75, 3.05) is 0 Å². The molecule has 0 aliphatic heterocycles. The summed E-state index contributed by atoms with van der Waals surface area (Å²) in [5.41, 5.74) is 2.41. The number of aryl methyl sites for hydroxylation is 1. The smallest absolute Gasteiger partial charge is 0.0897 e. The van der Waals surface area contributed by atoms with E-state index in [1.165, 1.54) is 5.56 Å². The summed E-state index contributed by atoms with van der Waals surface area (Å²) in [5.74, 6) is 0. The Morgan fingerprint density at radius 3 is 2.65 bits per heavy atom. The van der Waals surface area contributed by atoms with E-state index in [4.69, 9.17) is 0 Å². The first kappa shape index (κ1) is 12.7. The van der Waals surface area contributed by atoms with E-state index in [0.717, 1.165) is 21.7 Å². The van der Waals surface area contributed by atoms with Crippen molar-refractivity contribution in [3.8, 4) is 0 Å². The maximum absolute atomic E-state index is 4.44. The molecule has 0 aliphatic rings. The van der Waals surface area contributed by atoms with Gasteiger partial charge in [0.05, 0.1) is 10.7 Å². The number of benzene rings is 1. The Kier molecular flexibility index (Phi) is 4.31. The van der Waals surface area contributed by atoms with Crippen LogP contribution in [-0.2, 0) is 6.54 Å². The van der Waals surface area contributed by atoms with Gasteiger partial charge in [-0.2, -0.15) is 0 Å². The predicted octanol–water partition coefficient (Wildman–Crippen LogP) is 4.06. The second-order valence-corrected chi connectivity index (χ2v) is 5.99. The van der Waals surface area contributed by atoms with Crippen LogP contribution in [0.4, 0.5) is 0 Å². The molecule has 1 heterocycles. The van der Waals surface area contributed by atoms with E-state index in [1.54, 1.807) is 11.3 Å². The monoisotopic (exact) mass is 310 g/mol. The Hall–Kier alpha value is -0.710. The van der Waals surface area contributed by atoms with Gasteiger partial charge in [-0.05, 0) is 31.5 Å². The molecule has 2 nitrogen and oxygen atoms in total. The van der Waals surface area contributed by atoms with E-state index in [9.17, 15) is 0 Å². The lowest BCUT2D eigenvalue weighted by Crippen LogP contribution is -2.18. The lowest BCUT2D eigenvalue weighted by molar-refractivity contribution is 0.569. The number of hydrogen-bond donors (Lipinski definition) is 1. The standard InChI is InChI=1S/C13H15BrN2S/c1-9(11-3-5-12(14)6-4-11)15-7-13-8-17-10(2)16-13/h3-6,8-9,15H,7H2,1-2H3/t9-/m1/s1. The van der Waals surface area contributed by atoms with E-state index < -0.39 is 0 Å². The fourth-order valence-electron chi connectivity index (χ4n) is 1.62. The first-order chi connectivity index (χ1) is 8.15. The second kappa shape index (κ2) is 5.76. The highest BCUT2D eigenvalue weighted by molar-refractivity contribution is 9.10. The molecule has 0 aliphatic carbocycles. The quantitative estimate of drug-likeness (QED) is 0.921. The van der Waals surface area contributed by atoms with Crippen molar-refractivity contribution in [1.29, 1.82) is 0 Å². The van der Waals surface area contributed by atoms with Crippen LogP contribution < -0.4 is 5.32 Å². The van der Waals surface area contributed by atoms with Gasteiger partial charge in [0.1, 0.15) is 0 Å². The zero-order chi connectivity index (χ0) is 12.3. The summed E-state index contributed by atoms with van der Waals surface area (Å²) >= 11 is 5.14. The van der Waals surface area contributed by atoms with Gasteiger partial charge < -0.3 is 5.32 Å². The van der Waals surface area contributed by atoms with Crippen LogP contribution in [-0.4, -0.2) is 4.98 Å². The summed E-state index contributed by atoms with van der Waals surface area (Å²) in [7, 11) is 0. The van der Waals surface area contributed by atoms with Gasteiger partial charge in [0, 0.05) is 22.4 Å². The van der Waals surface area contributed by atoms with E-state index in [-0.39, 0.29) is 0 Å². The molecule has 4 heteroatoms. The third-order valence-corrected chi connectivity index (χ3v) is 3.98. The van der Waals surface area contributed by atoms with Crippen LogP contribution in [0.3, 0.4) is 0 Å². The van der Waals surface area contributed by atoms with Crippen molar-refractivity contribution < 1.29 is 0 Å². The van der Waals surface area contributed by atoms with Gasteiger partial charge in [0.25, 0.3) is 0 Å². The number of rotatable bonds is 4. The first-order valence-corrected chi connectivity index (χ1v) is 7.22. The molecule has 17 heavy (non-hydrogen) atoms. The number of nitrogens with zero attached hydrogens (tertiary/aromatic N) is 1. The van der Waals surface area contributed by atoms with Gasteiger partial charge in [0.15, 0.2) is 0 Å². The number of aromatic nitrogens is 1. The van der Waals surface area contributed by atoms with Gasteiger partial charge in [-0.3, -0.25) is 0 Å². The summed E-state index contributed by atoms with van der Waals surface area (Å²) in [6.45, 7) is 5.02. The third kappa shape index (κ3) is 3.63. The largest absolute Gasteiger partial charge is 0.305 e. The Morgan fingerprint density at radius 2 is 2.06 bits per heavy atom. The van der Waals surface area contributed by atoms with Crippen LogP contribution in [0.1, 0.15) is 29.2 Å². The van der Waals surface area contributed by atoms with E-state index in [2.05, 4.69) is 62.8 Å². The molecular formula is C13H15BrN2S. The normalized spacial score (nSPS) is 12.6. The van der Waals surface area contributed by atoms with Gasteiger partial charge in [0.2, 0.25) is 0 Å². The van der Waals surface area contributed by atoms with Gasteiger partial charge in [-0.25, -0.2) is 4.98 Å². The molecule has 0 spiro atoms. The third-order valence-electron chi connectivity index (χ3n) is 2.63. The summed E-state index contributed by atoms with van der Waals surface area (Å²) in [6, 6.07) is 8.74. The number of thiazole rings is 1. The van der Waals surface area contributed by atoms with Crippen molar-refractivity contribution in [2.24, 2.45) is 0 Å². The average molecular weight is 311 g/mol. The zero-order valence-corrected chi connectivity index (χ0v) is 12.3. The molecule has 0 fully saturated rings. The van der Waals surface area contributed by atoms with Crippen LogP contribution in [0.15, 0.2) is 34.1 Å². The summed E-state index contributed by atoms with van der Waals surface area (Å²) in [4.78, 5) is 4.44. The highest BCUT2D eigenvalue weighted by Gasteiger charge is 2.05. The molecule has 0 amide bonds. The molecule has 1 aromatic heterocycles. The topological polar surface area (TPSA) is 24.9 Å². The van der Waals surface area contributed by atoms with Crippen LogP contribution in [0.5, 0.6) is 0 Å². The molecule has 1 aromatic carbocycles. The molecule has 0 saturated heterocycles. The van der Waals surface area contributed by atoms with Crippen LogP contribution >= 0.6 is 27.3 Å². The Bertz CT molecular complexity index is 478. The summed E-state index contributed by atoms with van der Waals surface area (Å²) in [5, 5.41) is 6.71. The summed E-state index contributed by atoms with van der Waals surface area (Å²) in [6.07, 6.45) is 0. The molecule has 0 radical (unpaired) electrons. The molecule has 1 N–H and O–H groups in total. The van der Waals surface area contributed by atoms with E-state index in [0.29, 0.717) is 6.04 Å². The number of halogens is 1. The SMILES string of the molecule is Cc1nc(CN[C@H](C)c2ccc(Br)cc2)cs1. The minimum absolute atomic E-state index is 0.338. The first-order valence-electron chi connectivity index (χ1n) is 5.55. The Balaban J connectivity index is 1.93. The average Bonchev–Trinajstić information content (AvgIpc) is 2.73. The minimum atomic E-state index is 0.338. The van der Waals surface area contributed by atoms with Crippen LogP contribution in [0.25, 0.3) is 0 Å². The maximum atomic E-state index is 4.44. The van der Waals surface area contributed by atoms with Gasteiger partial charge in [-0.15, -0.1) is 11.3 Å². The highest BCUT2D eigenvalue weighted by atomic mass is 79.9. The van der Waals surface area contributed by atoms with Crippen molar-refractivity contribution in [2.45, 2.75) is 26.4 Å². The molecule has 0 saturated carbocycles. The van der Waals surface area contributed by atoms with E-state index >= 15 is 0 Å². The lowest BCUT2D eigenvalue weighted by Gasteiger charge is -2.13. The number of hydrogen-bond acceptors (Lipinski definition) is 3. The second-order valence-electron chi connectivity index (χ2n) is 4.01. The maximum Gasteiger partial charge on any atom is 0.0897 e. The zero-order valence-electron chi connectivity index (χ0n) is 9.90. The van der Waals surface area contributed by atoms with Crippen molar-refractivity contribution in [3.63, 3.8) is 0 Å². The minimum Gasteiger partial charge on any atom is -0.305 e. The molecule has 2 aromatic rings. The molecule has 90 valence electrons. The molecule has 0 bridgehead atoms.